The minimum absolute atomic E-state index is 0.0410. The van der Waals surface area contributed by atoms with Gasteiger partial charge in [-0.25, -0.2) is 28.8 Å². The van der Waals surface area contributed by atoms with Gasteiger partial charge in [-0.2, -0.15) is 0 Å². The van der Waals surface area contributed by atoms with E-state index in [1.165, 1.54) is 62.8 Å². The lowest BCUT2D eigenvalue weighted by molar-refractivity contribution is -0.137. The van der Waals surface area contributed by atoms with Gasteiger partial charge in [-0.3, -0.25) is 9.59 Å². The van der Waals surface area contributed by atoms with Crippen LogP contribution in [-0.2, 0) is 38.1 Å². The summed E-state index contributed by atoms with van der Waals surface area (Å²) in [6.45, 7) is 21.2. The van der Waals surface area contributed by atoms with Crippen molar-refractivity contribution in [3.63, 3.8) is 0 Å². The highest BCUT2D eigenvalue weighted by Crippen LogP contribution is 2.31. The van der Waals surface area contributed by atoms with Crippen LogP contribution in [0.3, 0.4) is 0 Å². The number of allylic oxidation sites excluding steroid dienone is 2. The fraction of sp³-hybridized carbons (Fsp3) is 0.547. The first-order valence-electron chi connectivity index (χ1n) is 24.0. The third-order valence-electron chi connectivity index (χ3n) is 9.19. The van der Waals surface area contributed by atoms with Crippen molar-refractivity contribution in [1.29, 1.82) is 0 Å². The molecule has 2 aromatic carbocycles. The Kier molecular flexibility index (Phi) is 24.5. The molecule has 20 heteroatoms. The molecular formula is C53H76N4O16. The molecule has 0 spiro atoms. The van der Waals surface area contributed by atoms with Crippen molar-refractivity contribution in [2.45, 2.75) is 163 Å². The highest BCUT2D eigenvalue weighted by atomic mass is 16.6. The molecule has 0 radical (unpaired) electrons. The Morgan fingerprint density at radius 3 is 1.11 bits per heavy atom. The van der Waals surface area contributed by atoms with Crippen molar-refractivity contribution in [3.05, 3.63) is 59.7 Å². The maximum atomic E-state index is 13.4. The summed E-state index contributed by atoms with van der Waals surface area (Å²) in [7, 11) is 2.73. The van der Waals surface area contributed by atoms with Gasteiger partial charge >= 0.3 is 36.3 Å². The molecule has 0 saturated heterocycles. The molecule has 2 aromatic rings. The highest BCUT2D eigenvalue weighted by molar-refractivity contribution is 6.11. The SMILES string of the molecule is COc1cc(C=CC(=O)CC(=O)C=Cc2ccc(OC(=O)[C@H](CCCCNC(=O)OC(C)(C)C)NC(=O)OC(C)(C)C)c(OC)c2)ccc1OC(=O)[C@H](CCCCNC(=O)OC(C)(C)C)NC(=O)OC(C)(C)C. The Balaban J connectivity index is 2.08. The monoisotopic (exact) mass is 1020 g/mol. The molecule has 0 aromatic heterocycles. The molecule has 0 heterocycles. The van der Waals surface area contributed by atoms with E-state index in [1.54, 1.807) is 95.2 Å². The smallest absolute Gasteiger partial charge is 0.408 e. The van der Waals surface area contributed by atoms with Gasteiger partial charge in [0.2, 0.25) is 0 Å². The summed E-state index contributed by atoms with van der Waals surface area (Å²) in [5.74, 6) is -2.21. The van der Waals surface area contributed by atoms with Crippen LogP contribution in [0.2, 0.25) is 0 Å². The Bertz CT molecular complexity index is 2120. The number of ether oxygens (including phenoxy) is 8. The molecule has 0 saturated carbocycles. The molecule has 0 unspecified atom stereocenters. The van der Waals surface area contributed by atoms with E-state index >= 15 is 0 Å². The highest BCUT2D eigenvalue weighted by Gasteiger charge is 2.29. The van der Waals surface area contributed by atoms with Crippen LogP contribution in [0.25, 0.3) is 12.2 Å². The van der Waals surface area contributed by atoms with Gasteiger partial charge in [0.25, 0.3) is 0 Å². The van der Waals surface area contributed by atoms with Gasteiger partial charge in [0.1, 0.15) is 34.5 Å². The Morgan fingerprint density at radius 1 is 0.466 bits per heavy atom. The summed E-state index contributed by atoms with van der Waals surface area (Å²) in [5.41, 5.74) is -2.00. The average molecular weight is 1030 g/mol. The predicted octanol–water partition coefficient (Wildman–Crippen LogP) is 8.95. The first-order chi connectivity index (χ1) is 33.8. The summed E-state index contributed by atoms with van der Waals surface area (Å²) in [4.78, 5) is 102. The van der Waals surface area contributed by atoms with Crippen LogP contribution in [0.4, 0.5) is 19.2 Å². The van der Waals surface area contributed by atoms with Gasteiger partial charge < -0.3 is 59.2 Å². The predicted molar refractivity (Wildman–Crippen MR) is 272 cm³/mol. The van der Waals surface area contributed by atoms with Crippen molar-refractivity contribution in [2.75, 3.05) is 27.3 Å². The van der Waals surface area contributed by atoms with E-state index in [-0.39, 0.29) is 48.9 Å². The van der Waals surface area contributed by atoms with E-state index in [1.807, 2.05) is 0 Å². The first kappa shape index (κ1) is 62.0. The molecule has 2 atom stereocenters. The van der Waals surface area contributed by atoms with E-state index in [4.69, 9.17) is 37.9 Å². The summed E-state index contributed by atoms with van der Waals surface area (Å²) in [5, 5.41) is 10.4. The molecule has 2 rings (SSSR count). The number of benzene rings is 2. The van der Waals surface area contributed by atoms with Gasteiger partial charge in [0.05, 0.1) is 20.6 Å². The maximum Gasteiger partial charge on any atom is 0.408 e. The molecule has 20 nitrogen and oxygen atoms in total. The second-order valence-electron chi connectivity index (χ2n) is 20.7. The summed E-state index contributed by atoms with van der Waals surface area (Å²) < 4.78 is 43.4. The van der Waals surface area contributed by atoms with Crippen LogP contribution < -0.4 is 40.2 Å². The van der Waals surface area contributed by atoms with Crippen LogP contribution in [0.1, 0.15) is 139 Å². The topological polar surface area (TPSA) is 259 Å². The van der Waals surface area contributed by atoms with Crippen LogP contribution in [0, 0.1) is 0 Å². The zero-order valence-corrected chi connectivity index (χ0v) is 44.8. The molecule has 0 aliphatic rings. The minimum Gasteiger partial charge on any atom is -0.493 e. The quantitative estimate of drug-likeness (QED) is 0.0191. The van der Waals surface area contributed by atoms with Crippen LogP contribution in [-0.4, -0.2) is 110 Å². The summed E-state index contributed by atoms with van der Waals surface area (Å²) in [6, 6.07) is 6.86. The summed E-state index contributed by atoms with van der Waals surface area (Å²) in [6.07, 6.45) is 4.24. The lowest BCUT2D eigenvalue weighted by Gasteiger charge is -2.23. The molecule has 0 aliphatic carbocycles. The zero-order chi connectivity index (χ0) is 55.2. The normalized spacial score (nSPS) is 12.7. The number of carbonyl (C=O) groups excluding carboxylic acids is 8. The lowest BCUT2D eigenvalue weighted by atomic mass is 10.1. The van der Waals surface area contributed by atoms with Crippen molar-refractivity contribution >= 4 is 60.0 Å². The van der Waals surface area contributed by atoms with Gasteiger partial charge in [-0.1, -0.05) is 24.3 Å². The standard InChI is InChI=1S/C53H76N4O16/c1-50(2,3)70-46(62)54-29-17-15-19-38(56-48(64)72-52(7,8)9)44(60)68-40-27-23-34(31-42(40)66-13)21-25-36(58)33-37(59)26-22-35-24-28-41(43(32-35)67-14)69-45(61)39(57-49(65)73-53(10,11)12)20-16-18-30-55-47(63)71-51(4,5)6/h21-28,31-32,38-39H,15-20,29-30,33H2,1-14H3,(H,54,62)(H,55,63)(H,56,64)(H,57,65)/t38-,39-/m0/s1. The number of carbonyl (C=O) groups is 8. The van der Waals surface area contributed by atoms with Gasteiger partial charge in [-0.15, -0.1) is 0 Å². The van der Waals surface area contributed by atoms with Crippen LogP contribution >= 0.6 is 0 Å². The van der Waals surface area contributed by atoms with Crippen molar-refractivity contribution in [1.82, 2.24) is 21.3 Å². The fourth-order valence-corrected chi connectivity index (χ4v) is 6.12. The number of methoxy groups -OCH3 is 2. The van der Waals surface area contributed by atoms with Crippen molar-refractivity contribution in [3.8, 4) is 23.0 Å². The number of alkyl carbamates (subject to hydrolysis) is 4. The van der Waals surface area contributed by atoms with E-state index in [0.717, 1.165) is 0 Å². The number of unbranched alkanes of at least 4 members (excludes halogenated alkanes) is 2. The molecule has 4 N–H and O–H groups in total. The minimum atomic E-state index is -1.11. The number of nitrogens with one attached hydrogen (secondary N) is 4. The van der Waals surface area contributed by atoms with E-state index in [0.29, 0.717) is 36.8 Å². The van der Waals surface area contributed by atoms with Crippen LogP contribution in [0.15, 0.2) is 48.6 Å². The van der Waals surface area contributed by atoms with Gasteiger partial charge in [0, 0.05) is 13.1 Å². The molecule has 404 valence electrons. The first-order valence-corrected chi connectivity index (χ1v) is 24.0. The van der Waals surface area contributed by atoms with E-state index in [9.17, 15) is 38.4 Å². The number of hydrogen-bond acceptors (Lipinski definition) is 16. The Hall–Kier alpha value is -7.12. The number of esters is 2. The number of rotatable bonds is 24. The summed E-state index contributed by atoms with van der Waals surface area (Å²) >= 11 is 0. The second kappa shape index (κ2) is 28.8. The average Bonchev–Trinajstić information content (AvgIpc) is 3.24. The van der Waals surface area contributed by atoms with Crippen molar-refractivity contribution in [2.24, 2.45) is 0 Å². The molecule has 0 bridgehead atoms. The molecular weight excluding hydrogens is 949 g/mol. The van der Waals surface area contributed by atoms with Crippen LogP contribution in [0.5, 0.6) is 23.0 Å². The second-order valence-corrected chi connectivity index (χ2v) is 20.7. The largest absolute Gasteiger partial charge is 0.493 e. The number of hydrogen-bond donors (Lipinski definition) is 4. The van der Waals surface area contributed by atoms with E-state index in [2.05, 4.69) is 21.3 Å². The molecule has 73 heavy (non-hydrogen) atoms. The van der Waals surface area contributed by atoms with E-state index < -0.39 is 88.8 Å². The van der Waals surface area contributed by atoms with Gasteiger partial charge in [-0.05, 0) is 169 Å². The maximum absolute atomic E-state index is 13.4. The fourth-order valence-electron chi connectivity index (χ4n) is 6.12. The molecule has 4 amide bonds. The van der Waals surface area contributed by atoms with Gasteiger partial charge in [0.15, 0.2) is 34.6 Å². The third kappa shape index (κ3) is 27.3. The lowest BCUT2D eigenvalue weighted by Crippen LogP contribution is -2.45. The Morgan fingerprint density at radius 2 is 0.795 bits per heavy atom. The molecule has 0 aliphatic heterocycles. The van der Waals surface area contributed by atoms with Crippen molar-refractivity contribution < 1.29 is 76.3 Å². The Labute approximate surface area is 428 Å². The zero-order valence-electron chi connectivity index (χ0n) is 44.8. The third-order valence-corrected chi connectivity index (χ3v) is 9.19. The number of amides is 4. The molecule has 0 fully saturated rings. The number of ketones is 2.